The smallest absolute Gasteiger partial charge is 0.0221 e. The van der Waals surface area contributed by atoms with Gasteiger partial charge in [0.05, 0.1) is 0 Å². The first-order valence-electron chi connectivity index (χ1n) is 4.87. The SMILES string of the molecule is CCC1CN2CCCC2CN1. The summed E-state index contributed by atoms with van der Waals surface area (Å²) in [6.45, 7) is 6.15. The van der Waals surface area contributed by atoms with Crippen LogP contribution in [0.3, 0.4) is 0 Å². The van der Waals surface area contributed by atoms with Crippen LogP contribution in [-0.4, -0.2) is 36.6 Å². The van der Waals surface area contributed by atoms with Crippen LogP contribution in [0.4, 0.5) is 0 Å². The lowest BCUT2D eigenvalue weighted by Crippen LogP contribution is -2.53. The molecule has 2 fully saturated rings. The Morgan fingerprint density at radius 2 is 2.45 bits per heavy atom. The van der Waals surface area contributed by atoms with Gasteiger partial charge in [0.15, 0.2) is 0 Å². The quantitative estimate of drug-likeness (QED) is 0.602. The molecule has 0 spiro atoms. The average molecular weight is 154 g/mol. The van der Waals surface area contributed by atoms with Crippen LogP contribution < -0.4 is 5.32 Å². The minimum absolute atomic E-state index is 0.768. The fourth-order valence-corrected chi connectivity index (χ4v) is 2.29. The Balaban J connectivity index is 1.91. The van der Waals surface area contributed by atoms with E-state index in [1.807, 2.05) is 0 Å². The number of hydrogen-bond acceptors (Lipinski definition) is 2. The average Bonchev–Trinajstić information content (AvgIpc) is 2.50. The highest BCUT2D eigenvalue weighted by Gasteiger charge is 2.29. The van der Waals surface area contributed by atoms with E-state index in [0.29, 0.717) is 0 Å². The first-order chi connectivity index (χ1) is 5.40. The maximum absolute atomic E-state index is 3.60. The van der Waals surface area contributed by atoms with Crippen LogP contribution in [0.25, 0.3) is 0 Å². The van der Waals surface area contributed by atoms with Gasteiger partial charge < -0.3 is 5.32 Å². The molecule has 2 aliphatic rings. The fraction of sp³-hybridized carbons (Fsp3) is 1.00. The van der Waals surface area contributed by atoms with E-state index in [4.69, 9.17) is 0 Å². The van der Waals surface area contributed by atoms with E-state index in [-0.39, 0.29) is 0 Å². The molecule has 2 aliphatic heterocycles. The third kappa shape index (κ3) is 1.42. The highest BCUT2D eigenvalue weighted by Crippen LogP contribution is 2.20. The Morgan fingerprint density at radius 1 is 1.55 bits per heavy atom. The molecule has 0 saturated carbocycles. The molecule has 11 heavy (non-hydrogen) atoms. The first-order valence-corrected chi connectivity index (χ1v) is 4.87. The van der Waals surface area contributed by atoms with E-state index in [1.165, 1.54) is 38.9 Å². The lowest BCUT2D eigenvalue weighted by molar-refractivity contribution is 0.171. The predicted octanol–water partition coefficient (Wildman–Crippen LogP) is 0.833. The van der Waals surface area contributed by atoms with Crippen LogP contribution in [0.1, 0.15) is 26.2 Å². The summed E-state index contributed by atoms with van der Waals surface area (Å²) in [5.74, 6) is 0. The van der Waals surface area contributed by atoms with Crippen molar-refractivity contribution in [2.75, 3.05) is 19.6 Å². The molecule has 1 N–H and O–H groups in total. The van der Waals surface area contributed by atoms with Crippen LogP contribution in [0.2, 0.25) is 0 Å². The van der Waals surface area contributed by atoms with Crippen molar-refractivity contribution in [3.63, 3.8) is 0 Å². The minimum atomic E-state index is 0.768. The number of nitrogens with zero attached hydrogens (tertiary/aromatic N) is 1. The molecule has 2 saturated heterocycles. The van der Waals surface area contributed by atoms with E-state index in [9.17, 15) is 0 Å². The van der Waals surface area contributed by atoms with Gasteiger partial charge in [0, 0.05) is 25.2 Å². The summed E-state index contributed by atoms with van der Waals surface area (Å²) in [6.07, 6.45) is 4.12. The molecule has 2 heterocycles. The van der Waals surface area contributed by atoms with Crippen LogP contribution in [0.15, 0.2) is 0 Å². The van der Waals surface area contributed by atoms with Gasteiger partial charge in [-0.2, -0.15) is 0 Å². The van der Waals surface area contributed by atoms with Crippen molar-refractivity contribution in [3.05, 3.63) is 0 Å². The van der Waals surface area contributed by atoms with Gasteiger partial charge in [-0.05, 0) is 25.8 Å². The predicted molar refractivity (Wildman–Crippen MR) is 46.7 cm³/mol. The molecule has 2 atom stereocenters. The molecule has 0 aromatic rings. The summed E-state index contributed by atoms with van der Waals surface area (Å²) in [6, 6.07) is 1.64. The van der Waals surface area contributed by atoms with Gasteiger partial charge in [-0.25, -0.2) is 0 Å². The van der Waals surface area contributed by atoms with Crippen molar-refractivity contribution in [2.24, 2.45) is 0 Å². The maximum atomic E-state index is 3.60. The Hall–Kier alpha value is -0.0800. The topological polar surface area (TPSA) is 15.3 Å². The Labute approximate surface area is 69.0 Å². The highest BCUT2D eigenvalue weighted by molar-refractivity contribution is 4.89. The Morgan fingerprint density at radius 3 is 3.27 bits per heavy atom. The van der Waals surface area contributed by atoms with E-state index >= 15 is 0 Å². The van der Waals surface area contributed by atoms with Crippen molar-refractivity contribution >= 4 is 0 Å². The Kier molecular flexibility index (Phi) is 2.14. The molecular formula is C9H18N2. The highest BCUT2D eigenvalue weighted by atomic mass is 15.2. The van der Waals surface area contributed by atoms with Crippen LogP contribution >= 0.6 is 0 Å². The molecule has 0 aliphatic carbocycles. The van der Waals surface area contributed by atoms with Crippen LogP contribution in [0, 0.1) is 0 Å². The molecule has 2 nitrogen and oxygen atoms in total. The summed E-state index contributed by atoms with van der Waals surface area (Å²) in [4.78, 5) is 2.66. The normalized spacial score (nSPS) is 39.0. The van der Waals surface area contributed by atoms with Gasteiger partial charge in [-0.1, -0.05) is 6.92 Å². The van der Waals surface area contributed by atoms with Crippen molar-refractivity contribution in [1.82, 2.24) is 10.2 Å². The van der Waals surface area contributed by atoms with E-state index in [1.54, 1.807) is 0 Å². The van der Waals surface area contributed by atoms with Gasteiger partial charge in [0.25, 0.3) is 0 Å². The van der Waals surface area contributed by atoms with Crippen LogP contribution in [-0.2, 0) is 0 Å². The zero-order valence-corrected chi connectivity index (χ0v) is 7.34. The fourth-order valence-electron chi connectivity index (χ4n) is 2.29. The number of nitrogens with one attached hydrogen (secondary N) is 1. The molecule has 0 radical (unpaired) electrons. The maximum Gasteiger partial charge on any atom is 0.0221 e. The second-order valence-corrected chi connectivity index (χ2v) is 3.80. The molecule has 2 rings (SSSR count). The Bertz CT molecular complexity index is 136. The number of rotatable bonds is 1. The molecular weight excluding hydrogens is 136 g/mol. The van der Waals surface area contributed by atoms with Gasteiger partial charge in [0.2, 0.25) is 0 Å². The van der Waals surface area contributed by atoms with E-state index < -0.39 is 0 Å². The molecule has 64 valence electrons. The molecule has 0 aromatic carbocycles. The van der Waals surface area contributed by atoms with Gasteiger partial charge in [-0.15, -0.1) is 0 Å². The second-order valence-electron chi connectivity index (χ2n) is 3.80. The summed E-state index contributed by atoms with van der Waals surface area (Å²) >= 11 is 0. The van der Waals surface area contributed by atoms with E-state index in [2.05, 4.69) is 17.1 Å². The van der Waals surface area contributed by atoms with Crippen LogP contribution in [0.5, 0.6) is 0 Å². The van der Waals surface area contributed by atoms with Crippen molar-refractivity contribution in [3.8, 4) is 0 Å². The largest absolute Gasteiger partial charge is 0.311 e. The van der Waals surface area contributed by atoms with E-state index in [0.717, 1.165) is 12.1 Å². The lowest BCUT2D eigenvalue weighted by atomic mass is 10.1. The van der Waals surface area contributed by atoms with Gasteiger partial charge >= 0.3 is 0 Å². The molecule has 2 heteroatoms. The minimum Gasteiger partial charge on any atom is -0.311 e. The first kappa shape index (κ1) is 7.56. The third-order valence-electron chi connectivity index (χ3n) is 3.09. The molecule has 0 bridgehead atoms. The summed E-state index contributed by atoms with van der Waals surface area (Å²) in [5, 5.41) is 3.60. The standard InChI is InChI=1S/C9H18N2/c1-2-8-7-11-5-3-4-9(11)6-10-8/h8-10H,2-7H2,1H3. The zero-order chi connectivity index (χ0) is 7.68. The van der Waals surface area contributed by atoms with Crippen molar-refractivity contribution in [2.45, 2.75) is 38.3 Å². The number of piperazine rings is 1. The summed E-state index contributed by atoms with van der Waals surface area (Å²) in [5.41, 5.74) is 0. The molecule has 0 amide bonds. The number of hydrogen-bond donors (Lipinski definition) is 1. The van der Waals surface area contributed by atoms with Crippen molar-refractivity contribution in [1.29, 1.82) is 0 Å². The molecule has 0 aromatic heterocycles. The van der Waals surface area contributed by atoms with Gasteiger partial charge in [-0.3, -0.25) is 4.90 Å². The summed E-state index contributed by atoms with van der Waals surface area (Å²) in [7, 11) is 0. The zero-order valence-electron chi connectivity index (χ0n) is 7.34. The van der Waals surface area contributed by atoms with Crippen molar-refractivity contribution < 1.29 is 0 Å². The molecule has 2 unspecified atom stereocenters. The van der Waals surface area contributed by atoms with Gasteiger partial charge in [0.1, 0.15) is 0 Å². The summed E-state index contributed by atoms with van der Waals surface area (Å²) < 4.78 is 0. The number of fused-ring (bicyclic) bond motifs is 1. The lowest BCUT2D eigenvalue weighted by Gasteiger charge is -2.35. The second kappa shape index (κ2) is 3.11. The third-order valence-corrected chi connectivity index (χ3v) is 3.09. The monoisotopic (exact) mass is 154 g/mol.